The number of hydrogen-bond acceptors (Lipinski definition) is 6. The number of aliphatic hydroxyl groups excluding tert-OH is 2. The summed E-state index contributed by atoms with van der Waals surface area (Å²) in [7, 11) is 0. The molecule has 0 aliphatic rings. The first kappa shape index (κ1) is 22.4. The number of carbonyl (C=O) groups is 2. The van der Waals surface area contributed by atoms with Crippen LogP contribution in [0.2, 0.25) is 0 Å². The van der Waals surface area contributed by atoms with Crippen molar-refractivity contribution in [1.82, 2.24) is 0 Å². The third-order valence-electron chi connectivity index (χ3n) is 4.45. The highest BCUT2D eigenvalue weighted by atomic mass is 16.6. The molecule has 29 heavy (non-hydrogen) atoms. The highest BCUT2D eigenvalue weighted by Crippen LogP contribution is 2.35. The van der Waals surface area contributed by atoms with Crippen molar-refractivity contribution in [2.45, 2.75) is 26.4 Å². The fourth-order valence-corrected chi connectivity index (χ4v) is 2.89. The fraction of sp³-hybridized carbons (Fsp3) is 0.364. The zero-order chi connectivity index (χ0) is 21.2. The minimum absolute atomic E-state index is 0.0468. The number of para-hydroxylation sites is 1. The normalized spacial score (nSPS) is 12.7. The summed E-state index contributed by atoms with van der Waals surface area (Å²) in [6.07, 6.45) is -0.888. The SMILES string of the molecule is CC(=O)c1ccc(NC(=O)O[C@H](c2ccccc2OCCO)[C@@H](C)CCO)cc1. The molecule has 3 N–H and O–H groups in total. The largest absolute Gasteiger partial charge is 0.491 e. The van der Waals surface area contributed by atoms with Crippen molar-refractivity contribution in [3.05, 3.63) is 59.7 Å². The maximum absolute atomic E-state index is 12.5. The summed E-state index contributed by atoms with van der Waals surface area (Å²) in [4.78, 5) is 23.9. The van der Waals surface area contributed by atoms with Gasteiger partial charge in [-0.05, 0) is 49.6 Å². The topological polar surface area (TPSA) is 105 Å². The van der Waals surface area contributed by atoms with Crippen molar-refractivity contribution in [2.24, 2.45) is 5.92 Å². The van der Waals surface area contributed by atoms with E-state index in [2.05, 4.69) is 5.32 Å². The molecule has 0 fully saturated rings. The Kier molecular flexibility index (Phi) is 8.64. The number of ketones is 1. The average Bonchev–Trinajstić information content (AvgIpc) is 2.71. The highest BCUT2D eigenvalue weighted by molar-refractivity contribution is 5.95. The van der Waals surface area contributed by atoms with Crippen LogP contribution in [0, 0.1) is 5.92 Å². The first-order chi connectivity index (χ1) is 14.0. The number of Topliss-reactive ketones (excluding diaryl/α,β-unsaturated/α-hetero) is 1. The predicted octanol–water partition coefficient (Wildman–Crippen LogP) is 3.57. The monoisotopic (exact) mass is 401 g/mol. The molecule has 7 nitrogen and oxygen atoms in total. The van der Waals surface area contributed by atoms with Crippen LogP contribution in [0.25, 0.3) is 0 Å². The van der Waals surface area contributed by atoms with Crippen LogP contribution in [0.5, 0.6) is 5.75 Å². The van der Waals surface area contributed by atoms with Gasteiger partial charge in [-0.1, -0.05) is 25.1 Å². The van der Waals surface area contributed by atoms with Gasteiger partial charge < -0.3 is 19.7 Å². The van der Waals surface area contributed by atoms with Crippen LogP contribution in [-0.4, -0.2) is 41.9 Å². The van der Waals surface area contributed by atoms with Gasteiger partial charge >= 0.3 is 6.09 Å². The van der Waals surface area contributed by atoms with Crippen LogP contribution in [0.3, 0.4) is 0 Å². The van der Waals surface area contributed by atoms with E-state index in [1.807, 2.05) is 13.0 Å². The van der Waals surface area contributed by atoms with Gasteiger partial charge in [0.1, 0.15) is 18.5 Å². The Morgan fingerprint density at radius 3 is 2.34 bits per heavy atom. The van der Waals surface area contributed by atoms with E-state index in [1.165, 1.54) is 6.92 Å². The molecule has 2 rings (SSSR count). The van der Waals surface area contributed by atoms with Gasteiger partial charge in [-0.15, -0.1) is 0 Å². The lowest BCUT2D eigenvalue weighted by molar-refractivity contribution is 0.0641. The molecule has 0 spiro atoms. The van der Waals surface area contributed by atoms with E-state index in [0.717, 1.165) is 0 Å². The molecule has 0 aromatic heterocycles. The molecular formula is C22H27NO6. The number of amides is 1. The molecular weight excluding hydrogens is 374 g/mol. The lowest BCUT2D eigenvalue weighted by Gasteiger charge is -2.26. The smallest absolute Gasteiger partial charge is 0.412 e. The van der Waals surface area contributed by atoms with Crippen LogP contribution in [0.1, 0.15) is 42.3 Å². The number of nitrogens with one attached hydrogen (secondary N) is 1. The maximum atomic E-state index is 12.5. The number of rotatable bonds is 10. The highest BCUT2D eigenvalue weighted by Gasteiger charge is 2.26. The van der Waals surface area contributed by atoms with E-state index in [9.17, 15) is 14.7 Å². The molecule has 7 heteroatoms. The van der Waals surface area contributed by atoms with Gasteiger partial charge in [0.05, 0.1) is 6.61 Å². The Labute approximate surface area is 170 Å². The van der Waals surface area contributed by atoms with Crippen LogP contribution >= 0.6 is 0 Å². The third-order valence-corrected chi connectivity index (χ3v) is 4.45. The molecule has 0 aliphatic carbocycles. The molecule has 2 atom stereocenters. The summed E-state index contributed by atoms with van der Waals surface area (Å²) >= 11 is 0. The zero-order valence-electron chi connectivity index (χ0n) is 16.6. The van der Waals surface area contributed by atoms with E-state index in [4.69, 9.17) is 14.6 Å². The summed E-state index contributed by atoms with van der Waals surface area (Å²) in [5, 5.41) is 21.0. The molecule has 2 aromatic rings. The summed E-state index contributed by atoms with van der Waals surface area (Å²) in [6.45, 7) is 3.28. The predicted molar refractivity (Wildman–Crippen MR) is 109 cm³/mol. The number of hydrogen-bond donors (Lipinski definition) is 3. The second-order valence-corrected chi connectivity index (χ2v) is 6.68. The number of carbonyl (C=O) groups excluding carboxylic acids is 2. The van der Waals surface area contributed by atoms with E-state index < -0.39 is 12.2 Å². The van der Waals surface area contributed by atoms with Gasteiger partial charge in [-0.3, -0.25) is 10.1 Å². The molecule has 1 amide bonds. The van der Waals surface area contributed by atoms with E-state index in [0.29, 0.717) is 29.0 Å². The Hall–Kier alpha value is -2.90. The van der Waals surface area contributed by atoms with Gasteiger partial charge in [-0.25, -0.2) is 4.79 Å². The minimum Gasteiger partial charge on any atom is -0.491 e. The molecule has 0 heterocycles. The number of anilines is 1. The molecule has 0 saturated carbocycles. The van der Waals surface area contributed by atoms with Crippen molar-refractivity contribution in [3.63, 3.8) is 0 Å². The van der Waals surface area contributed by atoms with Gasteiger partial charge in [0, 0.05) is 23.4 Å². The van der Waals surface area contributed by atoms with E-state index in [-0.39, 0.29) is 31.5 Å². The van der Waals surface area contributed by atoms with Crippen LogP contribution in [-0.2, 0) is 4.74 Å². The molecule has 156 valence electrons. The van der Waals surface area contributed by atoms with E-state index in [1.54, 1.807) is 42.5 Å². The quantitative estimate of drug-likeness (QED) is 0.526. The maximum Gasteiger partial charge on any atom is 0.412 e. The third kappa shape index (κ3) is 6.58. The molecule has 0 radical (unpaired) electrons. The Morgan fingerprint density at radius 2 is 1.72 bits per heavy atom. The van der Waals surface area contributed by atoms with Crippen molar-refractivity contribution >= 4 is 17.6 Å². The second kappa shape index (κ2) is 11.2. The van der Waals surface area contributed by atoms with Crippen molar-refractivity contribution in [1.29, 1.82) is 0 Å². The van der Waals surface area contributed by atoms with Crippen molar-refractivity contribution in [3.8, 4) is 5.75 Å². The van der Waals surface area contributed by atoms with Crippen LogP contribution in [0.15, 0.2) is 48.5 Å². The van der Waals surface area contributed by atoms with Gasteiger partial charge in [-0.2, -0.15) is 0 Å². The second-order valence-electron chi connectivity index (χ2n) is 6.68. The lowest BCUT2D eigenvalue weighted by Crippen LogP contribution is -2.23. The molecule has 0 unspecified atom stereocenters. The fourth-order valence-electron chi connectivity index (χ4n) is 2.89. The number of benzene rings is 2. The number of ether oxygens (including phenoxy) is 2. The van der Waals surface area contributed by atoms with Gasteiger partial charge in [0.15, 0.2) is 5.78 Å². The molecule has 0 aliphatic heterocycles. The molecule has 0 bridgehead atoms. The summed E-state index contributed by atoms with van der Waals surface area (Å²) in [6, 6.07) is 13.6. The van der Waals surface area contributed by atoms with E-state index >= 15 is 0 Å². The Bertz CT molecular complexity index is 805. The summed E-state index contributed by atoms with van der Waals surface area (Å²) < 4.78 is 11.3. The number of aliphatic hydroxyl groups is 2. The molecule has 2 aromatic carbocycles. The molecule has 0 saturated heterocycles. The lowest BCUT2D eigenvalue weighted by atomic mass is 9.94. The van der Waals surface area contributed by atoms with Crippen molar-refractivity contribution < 1.29 is 29.3 Å². The van der Waals surface area contributed by atoms with Gasteiger partial charge in [0.2, 0.25) is 0 Å². The van der Waals surface area contributed by atoms with Gasteiger partial charge in [0.25, 0.3) is 0 Å². The zero-order valence-corrected chi connectivity index (χ0v) is 16.6. The average molecular weight is 401 g/mol. The first-order valence-electron chi connectivity index (χ1n) is 9.48. The minimum atomic E-state index is -0.660. The van der Waals surface area contributed by atoms with Crippen LogP contribution < -0.4 is 10.1 Å². The van der Waals surface area contributed by atoms with Crippen molar-refractivity contribution in [2.75, 3.05) is 25.1 Å². The van der Waals surface area contributed by atoms with Crippen LogP contribution in [0.4, 0.5) is 10.5 Å². The Morgan fingerprint density at radius 1 is 1.03 bits per heavy atom. The standard InChI is InChI=1S/C22H27NO6/c1-15(11-12-24)21(19-5-3-4-6-20(19)28-14-13-25)29-22(27)23-18-9-7-17(8-10-18)16(2)26/h3-10,15,21,24-25H,11-14H2,1-2H3,(H,23,27)/t15-,21-/m0/s1. The summed E-state index contributed by atoms with van der Waals surface area (Å²) in [5.41, 5.74) is 1.70. The Balaban J connectivity index is 2.18. The summed E-state index contributed by atoms with van der Waals surface area (Å²) in [5.74, 6) is 0.274. The first-order valence-corrected chi connectivity index (χ1v) is 9.48.